The summed E-state index contributed by atoms with van der Waals surface area (Å²) < 4.78 is 11.1. The lowest BCUT2D eigenvalue weighted by atomic mass is 9.98. The van der Waals surface area contributed by atoms with E-state index in [2.05, 4.69) is 23.1 Å². The number of piperidine rings is 1. The molecule has 1 aliphatic heterocycles. The van der Waals surface area contributed by atoms with Crippen LogP contribution in [0.3, 0.4) is 0 Å². The van der Waals surface area contributed by atoms with Gasteiger partial charge in [0.25, 0.3) is 0 Å². The van der Waals surface area contributed by atoms with E-state index in [0.29, 0.717) is 13.2 Å². The zero-order valence-electron chi connectivity index (χ0n) is 14.1. The van der Waals surface area contributed by atoms with Crippen molar-refractivity contribution >= 4 is 5.97 Å². The molecule has 23 heavy (non-hydrogen) atoms. The van der Waals surface area contributed by atoms with Crippen molar-refractivity contribution in [3.8, 4) is 5.75 Å². The molecule has 1 saturated heterocycles. The van der Waals surface area contributed by atoms with E-state index in [1.165, 1.54) is 30.4 Å². The number of esters is 1. The summed E-state index contributed by atoms with van der Waals surface area (Å²) in [5, 5.41) is 0. The normalized spacial score (nSPS) is 21.0. The molecule has 4 heteroatoms. The zero-order chi connectivity index (χ0) is 16.1. The topological polar surface area (TPSA) is 38.8 Å². The van der Waals surface area contributed by atoms with Crippen molar-refractivity contribution in [2.75, 3.05) is 32.8 Å². The molecule has 1 heterocycles. The van der Waals surface area contributed by atoms with Crippen molar-refractivity contribution in [3.05, 3.63) is 29.3 Å². The minimum Gasteiger partial charge on any atom is -0.492 e. The second-order valence-electron chi connectivity index (χ2n) is 6.52. The molecule has 0 radical (unpaired) electrons. The van der Waals surface area contributed by atoms with Gasteiger partial charge in [-0.15, -0.1) is 0 Å². The lowest BCUT2D eigenvalue weighted by molar-refractivity contribution is -0.150. The van der Waals surface area contributed by atoms with Gasteiger partial charge >= 0.3 is 5.97 Å². The van der Waals surface area contributed by atoms with Gasteiger partial charge in [0.05, 0.1) is 12.5 Å². The molecule has 0 amide bonds. The van der Waals surface area contributed by atoms with Crippen LogP contribution in [-0.2, 0) is 22.4 Å². The van der Waals surface area contributed by atoms with E-state index in [9.17, 15) is 4.79 Å². The summed E-state index contributed by atoms with van der Waals surface area (Å²) in [6.45, 7) is 5.72. The van der Waals surface area contributed by atoms with Gasteiger partial charge in [0.2, 0.25) is 0 Å². The summed E-state index contributed by atoms with van der Waals surface area (Å²) >= 11 is 0. The van der Waals surface area contributed by atoms with Crippen LogP contribution in [0.4, 0.5) is 0 Å². The number of carbonyl (C=O) groups excluding carboxylic acids is 1. The number of fused-ring (bicyclic) bond motifs is 1. The molecule has 1 fully saturated rings. The maximum atomic E-state index is 11.9. The highest BCUT2D eigenvalue weighted by molar-refractivity contribution is 5.72. The Hall–Kier alpha value is -1.55. The van der Waals surface area contributed by atoms with Gasteiger partial charge in [-0.3, -0.25) is 9.69 Å². The van der Waals surface area contributed by atoms with E-state index in [1.807, 2.05) is 6.92 Å². The molecule has 1 aliphatic carbocycles. The molecule has 1 atom stereocenters. The third kappa shape index (κ3) is 4.25. The van der Waals surface area contributed by atoms with Gasteiger partial charge in [0, 0.05) is 13.1 Å². The number of hydrogen-bond acceptors (Lipinski definition) is 4. The van der Waals surface area contributed by atoms with Crippen LogP contribution >= 0.6 is 0 Å². The molecule has 0 bridgehead atoms. The molecule has 1 aromatic rings. The Morgan fingerprint density at radius 3 is 3.00 bits per heavy atom. The van der Waals surface area contributed by atoms with Crippen LogP contribution in [0.15, 0.2) is 18.2 Å². The van der Waals surface area contributed by atoms with Gasteiger partial charge < -0.3 is 9.47 Å². The predicted octanol–water partition coefficient (Wildman–Crippen LogP) is 2.83. The van der Waals surface area contributed by atoms with Crippen molar-refractivity contribution in [1.82, 2.24) is 4.90 Å². The number of ether oxygens (including phenoxy) is 2. The third-order valence-corrected chi connectivity index (χ3v) is 4.87. The lowest BCUT2D eigenvalue weighted by Crippen LogP contribution is -2.41. The molecular weight excluding hydrogens is 290 g/mol. The second kappa shape index (κ2) is 7.82. The van der Waals surface area contributed by atoms with Crippen LogP contribution in [0.1, 0.15) is 37.3 Å². The van der Waals surface area contributed by atoms with Crippen molar-refractivity contribution in [2.24, 2.45) is 5.92 Å². The fraction of sp³-hybridized carbons (Fsp3) is 0.632. The highest BCUT2D eigenvalue weighted by Gasteiger charge is 2.26. The Morgan fingerprint density at radius 2 is 2.13 bits per heavy atom. The van der Waals surface area contributed by atoms with Crippen molar-refractivity contribution < 1.29 is 14.3 Å². The van der Waals surface area contributed by atoms with Crippen LogP contribution in [-0.4, -0.2) is 43.7 Å². The van der Waals surface area contributed by atoms with Gasteiger partial charge in [-0.2, -0.15) is 0 Å². The molecule has 0 unspecified atom stereocenters. The SMILES string of the molecule is CCOC(=O)[C@@H]1CCCN(CCOc2ccc3c(c2)CCC3)C1. The maximum Gasteiger partial charge on any atom is 0.310 e. The Morgan fingerprint density at radius 1 is 1.26 bits per heavy atom. The Kier molecular flexibility index (Phi) is 5.55. The summed E-state index contributed by atoms with van der Waals surface area (Å²) in [6, 6.07) is 6.48. The standard InChI is InChI=1S/C19H27NO3/c1-2-22-19(21)17-7-4-10-20(14-17)11-12-23-18-9-8-15-5-3-6-16(15)13-18/h8-9,13,17H,2-7,10-12,14H2,1H3/t17-/m1/s1. The number of aryl methyl sites for hydroxylation is 2. The highest BCUT2D eigenvalue weighted by atomic mass is 16.5. The van der Waals surface area contributed by atoms with Crippen LogP contribution in [0.5, 0.6) is 5.75 Å². The van der Waals surface area contributed by atoms with E-state index < -0.39 is 0 Å². The van der Waals surface area contributed by atoms with E-state index >= 15 is 0 Å². The number of carbonyl (C=O) groups is 1. The molecule has 1 aromatic carbocycles. The number of hydrogen-bond donors (Lipinski definition) is 0. The van der Waals surface area contributed by atoms with Crippen molar-refractivity contribution in [2.45, 2.75) is 39.0 Å². The number of likely N-dealkylation sites (tertiary alicyclic amines) is 1. The van der Waals surface area contributed by atoms with E-state index in [0.717, 1.165) is 38.2 Å². The number of nitrogens with zero attached hydrogens (tertiary/aromatic N) is 1. The Labute approximate surface area is 138 Å². The first-order valence-corrected chi connectivity index (χ1v) is 8.90. The number of benzene rings is 1. The summed E-state index contributed by atoms with van der Waals surface area (Å²) in [6.07, 6.45) is 5.66. The fourth-order valence-corrected chi connectivity index (χ4v) is 3.64. The average Bonchev–Trinajstić information content (AvgIpc) is 3.03. The monoisotopic (exact) mass is 317 g/mol. The van der Waals surface area contributed by atoms with Crippen molar-refractivity contribution in [1.29, 1.82) is 0 Å². The minimum absolute atomic E-state index is 0.0312. The molecule has 0 spiro atoms. The fourth-order valence-electron chi connectivity index (χ4n) is 3.64. The van der Waals surface area contributed by atoms with Gasteiger partial charge in [-0.1, -0.05) is 6.07 Å². The predicted molar refractivity (Wildman–Crippen MR) is 89.8 cm³/mol. The highest BCUT2D eigenvalue weighted by Crippen LogP contribution is 2.26. The molecular formula is C19H27NO3. The number of rotatable bonds is 6. The Bertz CT molecular complexity index is 543. The van der Waals surface area contributed by atoms with E-state index in [-0.39, 0.29) is 11.9 Å². The molecule has 4 nitrogen and oxygen atoms in total. The smallest absolute Gasteiger partial charge is 0.310 e. The second-order valence-corrected chi connectivity index (χ2v) is 6.52. The average molecular weight is 317 g/mol. The first-order chi connectivity index (χ1) is 11.3. The van der Waals surface area contributed by atoms with E-state index in [1.54, 1.807) is 0 Å². The molecule has 126 valence electrons. The Balaban J connectivity index is 1.44. The first kappa shape index (κ1) is 16.3. The van der Waals surface area contributed by atoms with E-state index in [4.69, 9.17) is 9.47 Å². The van der Waals surface area contributed by atoms with Crippen LogP contribution in [0.25, 0.3) is 0 Å². The zero-order valence-corrected chi connectivity index (χ0v) is 14.1. The van der Waals surface area contributed by atoms with Crippen LogP contribution in [0, 0.1) is 5.92 Å². The third-order valence-electron chi connectivity index (χ3n) is 4.87. The van der Waals surface area contributed by atoms with Gasteiger partial charge in [-0.05, 0) is 68.8 Å². The summed E-state index contributed by atoms with van der Waals surface area (Å²) in [5.41, 5.74) is 2.92. The largest absolute Gasteiger partial charge is 0.492 e. The summed E-state index contributed by atoms with van der Waals surface area (Å²) in [4.78, 5) is 14.2. The lowest BCUT2D eigenvalue weighted by Gasteiger charge is -2.31. The maximum absolute atomic E-state index is 11.9. The molecule has 0 aromatic heterocycles. The quantitative estimate of drug-likeness (QED) is 0.756. The minimum atomic E-state index is -0.0447. The molecule has 0 N–H and O–H groups in total. The molecule has 0 saturated carbocycles. The van der Waals surface area contributed by atoms with Gasteiger partial charge in [0.15, 0.2) is 0 Å². The van der Waals surface area contributed by atoms with Crippen molar-refractivity contribution in [3.63, 3.8) is 0 Å². The van der Waals surface area contributed by atoms with Gasteiger partial charge in [0.1, 0.15) is 12.4 Å². The van der Waals surface area contributed by atoms with Crippen LogP contribution < -0.4 is 4.74 Å². The summed E-state index contributed by atoms with van der Waals surface area (Å²) in [7, 11) is 0. The molecule has 2 aliphatic rings. The first-order valence-electron chi connectivity index (χ1n) is 8.90. The van der Waals surface area contributed by atoms with Crippen LogP contribution in [0.2, 0.25) is 0 Å². The molecule has 3 rings (SSSR count). The van der Waals surface area contributed by atoms with Gasteiger partial charge in [-0.25, -0.2) is 0 Å². The summed E-state index contributed by atoms with van der Waals surface area (Å²) in [5.74, 6) is 0.963.